The number of rotatable bonds is 6. The van der Waals surface area contributed by atoms with Gasteiger partial charge in [-0.05, 0) is 68.5 Å². The topological polar surface area (TPSA) is 93.6 Å². The third-order valence-corrected chi connectivity index (χ3v) is 9.36. The summed E-state index contributed by atoms with van der Waals surface area (Å²) in [4.78, 5) is 59.1. The van der Waals surface area contributed by atoms with E-state index in [4.69, 9.17) is 9.72 Å². The highest BCUT2D eigenvalue weighted by Crippen LogP contribution is 2.53. The van der Waals surface area contributed by atoms with Crippen LogP contribution in [-0.4, -0.2) is 34.7 Å². The van der Waals surface area contributed by atoms with Crippen molar-refractivity contribution < 1.29 is 23.9 Å². The lowest BCUT2D eigenvalue weighted by molar-refractivity contribution is -0.123. The number of aromatic nitrogens is 1. The number of anilines is 1. The van der Waals surface area contributed by atoms with Gasteiger partial charge in [-0.15, -0.1) is 0 Å². The van der Waals surface area contributed by atoms with E-state index in [2.05, 4.69) is 28.1 Å². The molecule has 0 N–H and O–H groups in total. The van der Waals surface area contributed by atoms with Crippen molar-refractivity contribution in [2.24, 2.45) is 23.7 Å². The maximum atomic E-state index is 13.5. The zero-order valence-electron chi connectivity index (χ0n) is 23.5. The summed E-state index contributed by atoms with van der Waals surface area (Å²) in [5, 5.41) is 0.581. The van der Waals surface area contributed by atoms with Gasteiger partial charge in [0, 0.05) is 21.0 Å². The molecule has 1 saturated heterocycles. The second-order valence-corrected chi connectivity index (χ2v) is 12.5. The number of imide groups is 1. The number of ketones is 1. The molecule has 5 atom stereocenters. The summed E-state index contributed by atoms with van der Waals surface area (Å²) >= 11 is 3.47. The van der Waals surface area contributed by atoms with Crippen LogP contribution in [0, 0.1) is 30.6 Å². The number of aryl methyl sites for hydroxylation is 1. The molecular weight excluding hydrogens is 608 g/mol. The minimum Gasteiger partial charge on any atom is -0.451 e. The average molecular weight is 636 g/mol. The highest BCUT2D eigenvalue weighted by Gasteiger charge is 2.59. The van der Waals surface area contributed by atoms with Crippen molar-refractivity contribution in [1.29, 1.82) is 0 Å². The molecule has 7 nitrogen and oxygen atoms in total. The number of allylic oxidation sites excluding steroid dienone is 2. The van der Waals surface area contributed by atoms with Crippen LogP contribution in [0.2, 0.25) is 0 Å². The zero-order chi connectivity index (χ0) is 30.0. The second-order valence-electron chi connectivity index (χ2n) is 11.6. The summed E-state index contributed by atoms with van der Waals surface area (Å²) in [6.45, 7) is 3.50. The number of benzene rings is 3. The largest absolute Gasteiger partial charge is 0.451 e. The van der Waals surface area contributed by atoms with Crippen LogP contribution in [0.3, 0.4) is 0 Å². The first kappa shape index (κ1) is 27.4. The van der Waals surface area contributed by atoms with Crippen molar-refractivity contribution in [2.45, 2.75) is 26.4 Å². The van der Waals surface area contributed by atoms with E-state index in [1.54, 1.807) is 61.5 Å². The van der Waals surface area contributed by atoms with Gasteiger partial charge < -0.3 is 4.74 Å². The lowest BCUT2D eigenvalue weighted by Crippen LogP contribution is -2.32. The Hall–Kier alpha value is -4.43. The van der Waals surface area contributed by atoms with Gasteiger partial charge in [0.15, 0.2) is 6.10 Å². The van der Waals surface area contributed by atoms with Gasteiger partial charge in [-0.1, -0.05) is 70.0 Å². The molecule has 7 rings (SSSR count). The molecule has 1 aromatic heterocycles. The van der Waals surface area contributed by atoms with Crippen molar-refractivity contribution in [1.82, 2.24) is 4.98 Å². The van der Waals surface area contributed by atoms with E-state index in [-0.39, 0.29) is 46.8 Å². The van der Waals surface area contributed by atoms with Crippen molar-refractivity contribution in [3.63, 3.8) is 0 Å². The molecule has 2 bridgehead atoms. The Morgan fingerprint density at radius 1 is 0.907 bits per heavy atom. The number of pyridine rings is 1. The molecule has 3 aliphatic rings. The number of esters is 1. The predicted octanol–water partition coefficient (Wildman–Crippen LogP) is 6.71. The molecule has 214 valence electrons. The molecule has 0 unspecified atom stereocenters. The number of hydrogen-bond donors (Lipinski definition) is 0. The number of carbonyl (C=O) groups excluding carboxylic acids is 4. The van der Waals surface area contributed by atoms with Gasteiger partial charge in [0.25, 0.3) is 0 Å². The minimum absolute atomic E-state index is 0.131. The summed E-state index contributed by atoms with van der Waals surface area (Å²) in [5.41, 5.74) is 4.10. The van der Waals surface area contributed by atoms with Crippen molar-refractivity contribution >= 4 is 56.1 Å². The zero-order valence-corrected chi connectivity index (χ0v) is 25.1. The number of fused-ring (bicyclic) bond motifs is 6. The summed E-state index contributed by atoms with van der Waals surface area (Å²) in [6, 6.07) is 21.3. The third-order valence-electron chi connectivity index (χ3n) is 8.87. The Kier molecular flexibility index (Phi) is 6.62. The van der Waals surface area contributed by atoms with Crippen LogP contribution in [0.5, 0.6) is 0 Å². The first-order chi connectivity index (χ1) is 20.7. The van der Waals surface area contributed by atoms with Gasteiger partial charge in [-0.3, -0.25) is 19.3 Å². The number of amides is 2. The quantitative estimate of drug-likeness (QED) is 0.101. The van der Waals surface area contributed by atoms with E-state index in [0.29, 0.717) is 33.4 Å². The number of carbonyl (C=O) groups is 4. The van der Waals surface area contributed by atoms with E-state index in [0.717, 1.165) is 16.5 Å². The summed E-state index contributed by atoms with van der Waals surface area (Å²) in [7, 11) is 0. The molecular formula is C35H27BrN2O5. The third kappa shape index (κ3) is 4.61. The number of nitrogens with zero attached hydrogens (tertiary/aromatic N) is 2. The van der Waals surface area contributed by atoms with Crippen LogP contribution >= 0.6 is 15.9 Å². The van der Waals surface area contributed by atoms with Gasteiger partial charge in [0.2, 0.25) is 17.6 Å². The second kappa shape index (κ2) is 10.4. The first-order valence-electron chi connectivity index (χ1n) is 14.3. The summed E-state index contributed by atoms with van der Waals surface area (Å²) < 4.78 is 6.44. The Labute approximate surface area is 256 Å². The maximum absolute atomic E-state index is 13.5. The molecule has 2 fully saturated rings. The highest BCUT2D eigenvalue weighted by molar-refractivity contribution is 9.10. The molecule has 43 heavy (non-hydrogen) atoms. The molecule has 1 saturated carbocycles. The van der Waals surface area contributed by atoms with Crippen LogP contribution < -0.4 is 4.90 Å². The van der Waals surface area contributed by atoms with Crippen molar-refractivity contribution in [3.8, 4) is 11.3 Å². The Morgan fingerprint density at radius 2 is 1.56 bits per heavy atom. The maximum Gasteiger partial charge on any atom is 0.339 e. The first-order valence-corrected chi connectivity index (χ1v) is 15.1. The van der Waals surface area contributed by atoms with Crippen LogP contribution in [0.1, 0.15) is 39.6 Å². The van der Waals surface area contributed by atoms with Gasteiger partial charge in [0.1, 0.15) is 0 Å². The van der Waals surface area contributed by atoms with Crippen LogP contribution in [-0.2, 0) is 14.3 Å². The Morgan fingerprint density at radius 3 is 2.21 bits per heavy atom. The molecule has 1 aliphatic heterocycles. The molecule has 8 heteroatoms. The number of hydrogen-bond acceptors (Lipinski definition) is 6. The molecule has 2 amide bonds. The van der Waals surface area contributed by atoms with Gasteiger partial charge in [-0.2, -0.15) is 0 Å². The average Bonchev–Trinajstić information content (AvgIpc) is 3.70. The standard InChI is InChI=1S/C35H27BrN2O5/c1-18-3-5-21(6-4-18)32(39)19(2)43-35(42)27-17-29(37-28-14-11-24(36)16-26(27)28)20-9-12-25(13-10-20)38-33(40)30-22-7-8-23(15-22)31(30)34(38)41/h3-14,16-17,19,22-23,30-31H,15H2,1-2H3/t19-,22-,23-,30-,31+/m0/s1. The predicted molar refractivity (Wildman–Crippen MR) is 165 cm³/mol. The van der Waals surface area contributed by atoms with Gasteiger partial charge in [0.05, 0.1) is 34.3 Å². The fraction of sp³-hybridized carbons (Fsp3) is 0.229. The Balaban J connectivity index is 1.18. The lowest BCUT2D eigenvalue weighted by atomic mass is 9.85. The van der Waals surface area contributed by atoms with Crippen LogP contribution in [0.15, 0.2) is 89.4 Å². The molecule has 2 heterocycles. The van der Waals surface area contributed by atoms with E-state index in [1.165, 1.54) is 4.90 Å². The monoisotopic (exact) mass is 634 g/mol. The van der Waals surface area contributed by atoms with E-state index in [9.17, 15) is 19.2 Å². The summed E-state index contributed by atoms with van der Waals surface area (Å²) in [5.74, 6) is -1.44. The van der Waals surface area contributed by atoms with Crippen molar-refractivity contribution in [3.05, 3.63) is 106 Å². The van der Waals surface area contributed by atoms with E-state index < -0.39 is 12.1 Å². The lowest BCUT2D eigenvalue weighted by Gasteiger charge is -2.18. The van der Waals surface area contributed by atoms with E-state index in [1.807, 2.05) is 25.1 Å². The van der Waals surface area contributed by atoms with Gasteiger partial charge in [-0.25, -0.2) is 9.78 Å². The Bertz CT molecular complexity index is 1830. The van der Waals surface area contributed by atoms with Crippen molar-refractivity contribution in [2.75, 3.05) is 4.90 Å². The minimum atomic E-state index is -0.992. The van der Waals surface area contributed by atoms with Crippen LogP contribution in [0.25, 0.3) is 22.2 Å². The molecule has 0 spiro atoms. The SMILES string of the molecule is Cc1ccc(C(=O)[C@H](C)OC(=O)c2cc(-c3ccc(N4C(=O)[C@@H]5[C@H](C4=O)[C@H]4C=C[C@H]5C4)cc3)nc3ccc(Br)cc23)cc1. The highest BCUT2D eigenvalue weighted by atomic mass is 79.9. The van der Waals surface area contributed by atoms with E-state index >= 15 is 0 Å². The molecule has 3 aromatic carbocycles. The fourth-order valence-corrected chi connectivity index (χ4v) is 7.04. The molecule has 2 aliphatic carbocycles. The summed E-state index contributed by atoms with van der Waals surface area (Å²) in [6.07, 6.45) is 4.05. The molecule has 4 aromatic rings. The molecule has 0 radical (unpaired) electrons. The number of ether oxygens (including phenoxy) is 1. The fourth-order valence-electron chi connectivity index (χ4n) is 6.68. The smallest absolute Gasteiger partial charge is 0.339 e. The van der Waals surface area contributed by atoms with Gasteiger partial charge >= 0.3 is 5.97 Å². The number of halogens is 1. The van der Waals surface area contributed by atoms with Crippen LogP contribution in [0.4, 0.5) is 5.69 Å². The number of Topliss-reactive ketones (excluding diaryl/α,β-unsaturated/α-hetero) is 1. The normalized spacial score (nSPS) is 22.7.